The van der Waals surface area contributed by atoms with E-state index >= 15 is 0 Å². The van der Waals surface area contributed by atoms with Gasteiger partial charge in [-0.2, -0.15) is 0 Å². The molecule has 1 rings (SSSR count). The summed E-state index contributed by atoms with van der Waals surface area (Å²) in [4.78, 5) is 38.1. The third-order valence-corrected chi connectivity index (χ3v) is 4.70. The number of aliphatic hydroxyl groups excluding tert-OH is 5. The van der Waals surface area contributed by atoms with Crippen LogP contribution >= 0.6 is 8.60 Å². The van der Waals surface area contributed by atoms with Crippen LogP contribution in [0.1, 0.15) is 20.7 Å². The number of carboxylic acids is 2. The van der Waals surface area contributed by atoms with Gasteiger partial charge < -0.3 is 54.8 Å². The van der Waals surface area contributed by atoms with E-state index in [1.807, 2.05) is 0 Å². The third kappa shape index (κ3) is 10.2. The summed E-state index contributed by atoms with van der Waals surface area (Å²) in [6.45, 7) is -3.33. The number of rotatable bonds is 14. The molecule has 0 aliphatic carbocycles. The van der Waals surface area contributed by atoms with Crippen LogP contribution in [0.4, 0.5) is 0 Å². The summed E-state index contributed by atoms with van der Waals surface area (Å²) >= 11 is 0. The Balaban J connectivity index is 0.000000677. The van der Waals surface area contributed by atoms with E-state index in [4.69, 9.17) is 40.1 Å². The predicted octanol–water partition coefficient (Wildman–Crippen LogP) is -1.75. The predicted molar refractivity (Wildman–Crippen MR) is 109 cm³/mol. The smallest absolute Gasteiger partial charge is 0.335 e. The van der Waals surface area contributed by atoms with Gasteiger partial charge in [0.1, 0.15) is 0 Å². The molecule has 32 heavy (non-hydrogen) atoms. The van der Waals surface area contributed by atoms with Crippen LogP contribution in [-0.2, 0) is 9.26 Å². The van der Waals surface area contributed by atoms with Crippen LogP contribution in [0.2, 0.25) is 0 Å². The average Bonchev–Trinajstić information content (AvgIpc) is 2.80. The van der Waals surface area contributed by atoms with Gasteiger partial charge in [-0.3, -0.25) is 0 Å². The van der Waals surface area contributed by atoms with Crippen molar-refractivity contribution >= 4 is 20.5 Å². The van der Waals surface area contributed by atoms with Gasteiger partial charge in [0.25, 0.3) is 0 Å². The molecule has 0 saturated carbocycles. The van der Waals surface area contributed by atoms with E-state index < -0.39 is 64.4 Å². The molecule has 0 aromatic heterocycles. The summed E-state index contributed by atoms with van der Waals surface area (Å²) in [6, 6.07) is 5.20. The molecule has 0 saturated heterocycles. The second kappa shape index (κ2) is 15.1. The number of aromatic carboxylic acids is 2. The topological polar surface area (TPSA) is 235 Å². The Labute approximate surface area is 184 Å². The van der Waals surface area contributed by atoms with E-state index in [0.29, 0.717) is 0 Å². The van der Waals surface area contributed by atoms with Crippen molar-refractivity contribution in [1.29, 1.82) is 0 Å². The highest BCUT2D eigenvalue weighted by molar-refractivity contribution is 7.39. The highest BCUT2D eigenvalue weighted by atomic mass is 31.2. The largest absolute Gasteiger partial charge is 0.478 e. The maximum atomic E-state index is 10.4. The molecular weight excluding hydrogens is 455 g/mol. The first-order valence-corrected chi connectivity index (χ1v) is 10.2. The monoisotopic (exact) mass is 484 g/mol. The van der Waals surface area contributed by atoms with Crippen molar-refractivity contribution < 1.29 is 64.4 Å². The zero-order valence-corrected chi connectivity index (χ0v) is 18.0. The molecule has 184 valence electrons. The molecule has 0 atom stereocenters. The Kier molecular flexibility index (Phi) is 14.3. The highest BCUT2D eigenvalue weighted by Crippen LogP contribution is 2.29. The molecule has 0 radical (unpaired) electrons. The number of carboxylic acid groups (broad SMARTS) is 2. The number of ether oxygens (including phenoxy) is 1. The van der Waals surface area contributed by atoms with Crippen molar-refractivity contribution in [3.63, 3.8) is 0 Å². The van der Waals surface area contributed by atoms with Crippen LogP contribution < -0.4 is 0 Å². The minimum Gasteiger partial charge on any atom is -0.478 e. The molecular formula is C18H29O13P. The fraction of sp³-hybridized carbons (Fsp3) is 0.556. The minimum atomic E-state index is -2.62. The molecule has 9 N–H and O–H groups in total. The molecule has 0 aliphatic rings. The molecule has 0 heterocycles. The van der Waals surface area contributed by atoms with Gasteiger partial charge in [0.2, 0.25) is 0 Å². The van der Waals surface area contributed by atoms with Crippen molar-refractivity contribution in [1.82, 2.24) is 0 Å². The van der Waals surface area contributed by atoms with E-state index in [-0.39, 0.29) is 30.9 Å². The molecule has 13 nitrogen and oxygen atoms in total. The first kappa shape index (κ1) is 30.2. The Bertz CT molecular complexity index is 652. The SMILES string of the molecule is O=C(O)c1cccc(C(=O)O)c1.OCC(CO)(CO)COCC(CO)(CO)COP(O)O. The van der Waals surface area contributed by atoms with Crippen LogP contribution in [0.3, 0.4) is 0 Å². The van der Waals surface area contributed by atoms with Crippen molar-refractivity contribution in [2.45, 2.75) is 0 Å². The maximum Gasteiger partial charge on any atom is 0.335 e. The molecule has 0 fully saturated rings. The summed E-state index contributed by atoms with van der Waals surface area (Å²) in [5, 5.41) is 62.9. The van der Waals surface area contributed by atoms with Gasteiger partial charge in [-0.1, -0.05) is 6.07 Å². The summed E-state index contributed by atoms with van der Waals surface area (Å²) in [6.07, 6.45) is 0. The maximum absolute atomic E-state index is 10.4. The van der Waals surface area contributed by atoms with Gasteiger partial charge >= 0.3 is 20.5 Å². The lowest BCUT2D eigenvalue weighted by atomic mass is 9.91. The second-order valence-electron chi connectivity index (χ2n) is 7.00. The first-order chi connectivity index (χ1) is 15.0. The lowest BCUT2D eigenvalue weighted by molar-refractivity contribution is -0.101. The molecule has 0 spiro atoms. The van der Waals surface area contributed by atoms with E-state index in [9.17, 15) is 19.8 Å². The number of hydrogen-bond donors (Lipinski definition) is 9. The quantitative estimate of drug-likeness (QED) is 0.133. The van der Waals surface area contributed by atoms with Gasteiger partial charge in [-0.25, -0.2) is 9.59 Å². The summed E-state index contributed by atoms with van der Waals surface area (Å²) in [5.74, 6) is -2.25. The lowest BCUT2D eigenvalue weighted by Gasteiger charge is -2.32. The number of carbonyl (C=O) groups is 2. The fourth-order valence-corrected chi connectivity index (χ4v) is 2.41. The normalized spacial score (nSPS) is 11.8. The van der Waals surface area contributed by atoms with Gasteiger partial charge in [-0.05, 0) is 18.2 Å². The van der Waals surface area contributed by atoms with Crippen LogP contribution in [-0.4, -0.2) is 110 Å². The summed E-state index contributed by atoms with van der Waals surface area (Å²) < 4.78 is 9.79. The third-order valence-electron chi connectivity index (χ3n) is 4.34. The van der Waals surface area contributed by atoms with Crippen LogP contribution in [0.5, 0.6) is 0 Å². The zero-order valence-electron chi connectivity index (χ0n) is 17.1. The van der Waals surface area contributed by atoms with Crippen LogP contribution in [0.15, 0.2) is 24.3 Å². The van der Waals surface area contributed by atoms with Gasteiger partial charge in [0, 0.05) is 0 Å². The standard InChI is InChI=1S/C10H23O9P.C8H6O4/c11-1-9(2-12,3-13)6-18-7-10(4-14,5-15)8-19-20(16)17;9-7(10)5-2-1-3-6(4-5)8(11)12/h11-17H,1-8H2;1-4H,(H,9,10)(H,11,12). The molecule has 14 heteroatoms. The Morgan fingerprint density at radius 1 is 0.750 bits per heavy atom. The van der Waals surface area contributed by atoms with Crippen molar-refractivity contribution in [3.05, 3.63) is 35.4 Å². The lowest BCUT2D eigenvalue weighted by Crippen LogP contribution is -2.43. The Hall–Kier alpha value is -1.77. The Morgan fingerprint density at radius 2 is 1.16 bits per heavy atom. The van der Waals surface area contributed by atoms with E-state index in [1.54, 1.807) is 0 Å². The summed E-state index contributed by atoms with van der Waals surface area (Å²) in [5.41, 5.74) is -2.51. The average molecular weight is 484 g/mol. The number of aliphatic hydroxyl groups is 5. The van der Waals surface area contributed by atoms with E-state index in [2.05, 4.69) is 4.52 Å². The van der Waals surface area contributed by atoms with Gasteiger partial charge in [0.15, 0.2) is 0 Å². The first-order valence-electron chi connectivity index (χ1n) is 9.03. The summed E-state index contributed by atoms with van der Waals surface area (Å²) in [7, 11) is -2.62. The molecule has 1 aromatic rings. The van der Waals surface area contributed by atoms with Crippen molar-refractivity contribution in [3.8, 4) is 0 Å². The van der Waals surface area contributed by atoms with Crippen LogP contribution in [0.25, 0.3) is 0 Å². The fourth-order valence-electron chi connectivity index (χ4n) is 2.03. The van der Waals surface area contributed by atoms with Crippen molar-refractivity contribution in [2.75, 3.05) is 52.9 Å². The van der Waals surface area contributed by atoms with Gasteiger partial charge in [-0.15, -0.1) is 0 Å². The molecule has 0 aliphatic heterocycles. The number of hydrogen-bond acceptors (Lipinski definition) is 11. The second-order valence-corrected chi connectivity index (χ2v) is 7.76. The van der Waals surface area contributed by atoms with E-state index in [1.165, 1.54) is 18.2 Å². The minimum absolute atomic E-state index is 0.0186. The number of benzene rings is 1. The molecule has 1 aromatic carbocycles. The molecule has 0 amide bonds. The van der Waals surface area contributed by atoms with E-state index in [0.717, 1.165) is 6.07 Å². The molecule has 0 bridgehead atoms. The molecule has 0 unspecified atom stereocenters. The van der Waals surface area contributed by atoms with Gasteiger partial charge in [0.05, 0.1) is 74.8 Å². The van der Waals surface area contributed by atoms with Crippen LogP contribution in [0, 0.1) is 10.8 Å². The Morgan fingerprint density at radius 3 is 1.50 bits per heavy atom. The van der Waals surface area contributed by atoms with Crippen molar-refractivity contribution in [2.24, 2.45) is 10.8 Å². The highest BCUT2D eigenvalue weighted by Gasteiger charge is 2.34. The zero-order chi connectivity index (χ0) is 24.8.